The van der Waals surface area contributed by atoms with Gasteiger partial charge < -0.3 is 61.1 Å². The Morgan fingerprint density at radius 1 is 1.00 bits per heavy atom. The van der Waals surface area contributed by atoms with Crippen molar-refractivity contribution < 1.29 is 43.7 Å². The highest BCUT2D eigenvalue weighted by Gasteiger charge is 2.46. The molecular formula is C43H55N10O9P. The summed E-state index contributed by atoms with van der Waals surface area (Å²) < 4.78 is 35.4. The lowest BCUT2D eigenvalue weighted by molar-refractivity contribution is -0.138. The second-order valence-electron chi connectivity index (χ2n) is 14.9. The molecule has 0 saturated carbocycles. The van der Waals surface area contributed by atoms with E-state index in [1.807, 2.05) is 31.0 Å². The zero-order valence-corrected chi connectivity index (χ0v) is 36.3. The molecule has 0 bridgehead atoms. The number of nitrogens with two attached hydrogens (primary N) is 2. The summed E-state index contributed by atoms with van der Waals surface area (Å²) in [4.78, 5) is 45.0. The van der Waals surface area contributed by atoms with Crippen LogP contribution in [-0.2, 0) is 23.6 Å². The summed E-state index contributed by atoms with van der Waals surface area (Å²) in [6.07, 6.45) is -3.07. The fourth-order valence-corrected chi connectivity index (χ4v) is 10.2. The molecule has 1 saturated heterocycles. The van der Waals surface area contributed by atoms with Crippen LogP contribution in [-0.4, -0.2) is 142 Å². The van der Waals surface area contributed by atoms with Crippen molar-refractivity contribution in [2.45, 2.75) is 50.3 Å². The van der Waals surface area contributed by atoms with E-state index in [2.05, 4.69) is 25.6 Å². The molecule has 1 amide bonds. The van der Waals surface area contributed by atoms with Gasteiger partial charge in [0, 0.05) is 53.2 Å². The van der Waals surface area contributed by atoms with Gasteiger partial charge in [-0.2, -0.15) is 4.99 Å². The SMILES string of the molecule is CCCN(CC[C@H](N)C(=O)O)C[C@H]1O[C@@H](n2c(/N=C(\OC)c3ccc(C(=O)NCCOCCNC)cc3P(=O)(c3ccccc3)c3ccccc3)nc3c(N)ncnc32)C(O)[C@H]1O. The van der Waals surface area contributed by atoms with Gasteiger partial charge in [-0.1, -0.05) is 67.6 Å². The second kappa shape index (κ2) is 21.6. The van der Waals surface area contributed by atoms with Gasteiger partial charge in [0.05, 0.1) is 20.3 Å². The summed E-state index contributed by atoms with van der Waals surface area (Å²) in [6.45, 7) is 4.63. The number of likely N-dealkylation sites (N-methyl/N-ethyl adjacent to an activating group) is 1. The lowest BCUT2D eigenvalue weighted by atomic mass is 10.1. The standard InChI is InChI=1S/C43H55N10O9P/c1-4-20-52(21-17-31(44)42(57)58)25-32-35(54)36(55)41(62-32)53-38-34(37(45)48-26-49-38)50-43(53)51-40(60-3)30-16-15-27(39(56)47-19-23-61-22-18-46-2)24-33(30)63(59,28-11-7-5-8-12-28)29-13-9-6-10-14-29/h5-16,24,26,31-32,35-36,41,46,54-55H,4,17-23,25,44H2,1-3H3,(H,47,56)(H,57,58)(H2,45,48,49)/b51-40-/t31-,32+,35-,36?,41+/m0/s1. The first kappa shape index (κ1) is 46.9. The van der Waals surface area contributed by atoms with Crippen molar-refractivity contribution in [1.82, 2.24) is 35.1 Å². The van der Waals surface area contributed by atoms with Crippen molar-refractivity contribution >= 4 is 63.8 Å². The maximum Gasteiger partial charge on any atom is 0.320 e. The third-order valence-electron chi connectivity index (χ3n) is 10.6. The number of aliphatic imine (C=N–C) groups is 1. The molecule has 1 unspecified atom stereocenters. The molecule has 0 radical (unpaired) electrons. The van der Waals surface area contributed by atoms with Gasteiger partial charge >= 0.3 is 5.97 Å². The van der Waals surface area contributed by atoms with Gasteiger partial charge in [-0.3, -0.25) is 14.2 Å². The zero-order valence-electron chi connectivity index (χ0n) is 35.4. The van der Waals surface area contributed by atoms with Gasteiger partial charge in [0.1, 0.15) is 30.7 Å². The van der Waals surface area contributed by atoms with Crippen LogP contribution in [0.1, 0.15) is 41.9 Å². The number of imidazole rings is 1. The Balaban J connectivity index is 1.46. The summed E-state index contributed by atoms with van der Waals surface area (Å²) in [6, 6.07) is 21.5. The van der Waals surface area contributed by atoms with Crippen molar-refractivity contribution in [3.63, 3.8) is 0 Å². The number of benzene rings is 3. The molecule has 2 aromatic heterocycles. The molecule has 0 spiro atoms. The molecular weight excluding hydrogens is 832 g/mol. The molecule has 1 aliphatic rings. The highest BCUT2D eigenvalue weighted by Crippen LogP contribution is 2.44. The van der Waals surface area contributed by atoms with Gasteiger partial charge in [-0.15, -0.1) is 0 Å². The smallest absolute Gasteiger partial charge is 0.320 e. The van der Waals surface area contributed by atoms with Crippen LogP contribution in [0.2, 0.25) is 0 Å². The Bertz CT molecular complexity index is 2360. The molecule has 6 rings (SSSR count). The Morgan fingerprint density at radius 3 is 2.32 bits per heavy atom. The van der Waals surface area contributed by atoms with E-state index in [1.165, 1.54) is 18.0 Å². The number of aromatic nitrogens is 4. The van der Waals surface area contributed by atoms with E-state index in [1.54, 1.807) is 66.7 Å². The van der Waals surface area contributed by atoms with Crippen molar-refractivity contribution in [2.24, 2.45) is 10.7 Å². The quantitative estimate of drug-likeness (QED) is 0.0233. The molecule has 5 atom stereocenters. The van der Waals surface area contributed by atoms with Crippen LogP contribution in [0.5, 0.6) is 0 Å². The lowest BCUT2D eigenvalue weighted by Gasteiger charge is -2.26. The van der Waals surface area contributed by atoms with Crippen LogP contribution < -0.4 is 38.0 Å². The number of aliphatic hydroxyl groups is 2. The minimum atomic E-state index is -3.81. The van der Waals surface area contributed by atoms with E-state index in [-0.39, 0.29) is 71.4 Å². The summed E-state index contributed by atoms with van der Waals surface area (Å²) in [5, 5.41) is 39.5. The number of nitrogens with zero attached hydrogens (tertiary/aromatic N) is 6. The third kappa shape index (κ3) is 10.6. The van der Waals surface area contributed by atoms with Crippen LogP contribution in [0.25, 0.3) is 11.2 Å². The van der Waals surface area contributed by atoms with Crippen LogP contribution in [0.4, 0.5) is 11.8 Å². The van der Waals surface area contributed by atoms with Crippen LogP contribution in [0, 0.1) is 0 Å². The van der Waals surface area contributed by atoms with Crippen molar-refractivity contribution in [2.75, 3.05) is 65.8 Å². The number of aliphatic hydroxyl groups excluding tert-OH is 2. The Labute approximate surface area is 364 Å². The minimum Gasteiger partial charge on any atom is -0.480 e. The number of anilines is 1. The van der Waals surface area contributed by atoms with E-state index < -0.39 is 49.6 Å². The van der Waals surface area contributed by atoms with Gasteiger partial charge in [0.2, 0.25) is 11.8 Å². The predicted octanol–water partition coefficient (Wildman–Crippen LogP) is 0.872. The normalized spacial score (nSPS) is 18.5. The zero-order chi connectivity index (χ0) is 45.1. The molecule has 1 aliphatic heterocycles. The largest absolute Gasteiger partial charge is 0.480 e. The molecule has 3 aromatic carbocycles. The van der Waals surface area contributed by atoms with E-state index in [0.29, 0.717) is 36.9 Å². The highest BCUT2D eigenvalue weighted by molar-refractivity contribution is 7.85. The molecule has 9 N–H and O–H groups in total. The monoisotopic (exact) mass is 886 g/mol. The van der Waals surface area contributed by atoms with Crippen LogP contribution in [0.3, 0.4) is 0 Å². The van der Waals surface area contributed by atoms with E-state index in [9.17, 15) is 24.9 Å². The molecule has 3 heterocycles. The Hall–Kier alpha value is -5.63. The third-order valence-corrected chi connectivity index (χ3v) is 13.7. The number of nitrogen functional groups attached to an aromatic ring is 1. The topological polar surface area (TPSA) is 275 Å². The lowest BCUT2D eigenvalue weighted by Crippen LogP contribution is -2.42. The number of hydrogen-bond acceptors (Lipinski definition) is 16. The Kier molecular flexibility index (Phi) is 16.1. The first-order valence-electron chi connectivity index (χ1n) is 20.6. The summed E-state index contributed by atoms with van der Waals surface area (Å²) in [5.74, 6) is -1.71. The number of ether oxygens (including phenoxy) is 3. The number of amides is 1. The van der Waals surface area contributed by atoms with Crippen LogP contribution >= 0.6 is 7.14 Å². The predicted molar refractivity (Wildman–Crippen MR) is 239 cm³/mol. The average Bonchev–Trinajstić information content (AvgIpc) is 3.80. The van der Waals surface area contributed by atoms with Gasteiger partial charge in [0.15, 0.2) is 30.4 Å². The number of methoxy groups -OCH3 is 1. The molecule has 0 aliphatic carbocycles. The first-order chi connectivity index (χ1) is 30.4. The van der Waals surface area contributed by atoms with Gasteiger partial charge in [-0.25, -0.2) is 15.0 Å². The first-order valence-corrected chi connectivity index (χ1v) is 22.3. The molecule has 336 valence electrons. The van der Waals surface area contributed by atoms with Crippen LogP contribution in [0.15, 0.2) is 90.2 Å². The van der Waals surface area contributed by atoms with E-state index in [0.717, 1.165) is 6.42 Å². The van der Waals surface area contributed by atoms with Crippen molar-refractivity contribution in [3.05, 3.63) is 96.3 Å². The minimum absolute atomic E-state index is 0.00350. The summed E-state index contributed by atoms with van der Waals surface area (Å²) >= 11 is 0. The van der Waals surface area contributed by atoms with Gasteiger partial charge in [-0.05, 0) is 44.6 Å². The highest BCUT2D eigenvalue weighted by atomic mass is 31.2. The average molecular weight is 887 g/mol. The number of carbonyl (C=O) groups excluding carboxylic acids is 1. The second-order valence-corrected chi connectivity index (χ2v) is 17.6. The maximum absolute atomic E-state index is 16.0. The van der Waals surface area contributed by atoms with Gasteiger partial charge in [0.25, 0.3) is 5.91 Å². The fraction of sp³-hybridized carbons (Fsp3) is 0.395. The molecule has 5 aromatic rings. The van der Waals surface area contributed by atoms with E-state index >= 15 is 4.57 Å². The van der Waals surface area contributed by atoms with Crippen molar-refractivity contribution in [1.29, 1.82) is 0 Å². The van der Waals surface area contributed by atoms with Crippen molar-refractivity contribution in [3.8, 4) is 0 Å². The number of carboxylic acid groups (broad SMARTS) is 1. The molecule has 1 fully saturated rings. The number of aliphatic carboxylic acids is 1. The van der Waals surface area contributed by atoms with E-state index in [4.69, 9.17) is 30.7 Å². The number of fused-ring (bicyclic) bond motifs is 1. The molecule has 20 heteroatoms. The Morgan fingerprint density at radius 2 is 1.68 bits per heavy atom. The summed E-state index contributed by atoms with van der Waals surface area (Å²) in [5.41, 5.74) is 12.8. The number of nitrogens with one attached hydrogen (secondary N) is 2. The number of carbonyl (C=O) groups is 2. The molecule has 63 heavy (non-hydrogen) atoms. The fourth-order valence-electron chi connectivity index (χ4n) is 7.37. The number of hydrogen-bond donors (Lipinski definition) is 7. The maximum atomic E-state index is 16.0. The number of carboxylic acids is 1. The summed E-state index contributed by atoms with van der Waals surface area (Å²) in [7, 11) is -0.610. The molecule has 19 nitrogen and oxygen atoms in total. The number of rotatable bonds is 21.